The highest BCUT2D eigenvalue weighted by Crippen LogP contribution is 2.46. The van der Waals surface area contributed by atoms with Crippen molar-refractivity contribution in [2.75, 3.05) is 36.1 Å². The summed E-state index contributed by atoms with van der Waals surface area (Å²) in [7, 11) is 1.26. The molecule has 0 aliphatic carbocycles. The van der Waals surface area contributed by atoms with Crippen LogP contribution >= 0.6 is 11.6 Å². The Balaban J connectivity index is 1.36. The summed E-state index contributed by atoms with van der Waals surface area (Å²) in [5.74, 6) is -1.89. The topological polar surface area (TPSA) is 139 Å². The third-order valence-electron chi connectivity index (χ3n) is 8.39. The van der Waals surface area contributed by atoms with Gasteiger partial charge in [-0.05, 0) is 67.6 Å². The number of piperidine rings is 1. The molecule has 11 nitrogen and oxygen atoms in total. The number of allylic oxidation sites excluding steroid dienone is 2. The van der Waals surface area contributed by atoms with Crippen LogP contribution in [0, 0.1) is 5.82 Å². The molecule has 1 fully saturated rings. The first kappa shape index (κ1) is 31.0. The number of pyridine rings is 1. The maximum Gasteiger partial charge on any atom is 0.412 e. The summed E-state index contributed by atoms with van der Waals surface area (Å²) in [6.07, 6.45) is 5.62. The van der Waals surface area contributed by atoms with E-state index in [2.05, 4.69) is 20.9 Å². The number of benzene rings is 2. The summed E-state index contributed by atoms with van der Waals surface area (Å²) in [6, 6.07) is 11.5. The van der Waals surface area contributed by atoms with E-state index in [0.717, 1.165) is 0 Å². The summed E-state index contributed by atoms with van der Waals surface area (Å²) >= 11 is 6.13. The molecule has 6 rings (SSSR count). The van der Waals surface area contributed by atoms with Gasteiger partial charge in [-0.15, -0.1) is 0 Å². The quantitative estimate of drug-likeness (QED) is 0.268. The summed E-state index contributed by atoms with van der Waals surface area (Å²) in [5, 5.41) is 7.97. The van der Waals surface area contributed by atoms with Crippen LogP contribution in [0.4, 0.5) is 31.0 Å². The van der Waals surface area contributed by atoms with Crippen molar-refractivity contribution in [2.24, 2.45) is 0 Å². The second kappa shape index (κ2) is 12.8. The third-order valence-corrected chi connectivity index (χ3v) is 8.68. The third kappa shape index (κ3) is 6.12. The number of methoxy groups -OCH3 is 1. The van der Waals surface area contributed by atoms with Gasteiger partial charge < -0.3 is 19.7 Å². The maximum atomic E-state index is 15.5. The average Bonchev–Trinajstić information content (AvgIpc) is 3.04. The number of carbonyl (C=O) groups is 4. The Morgan fingerprint density at radius 1 is 1.13 bits per heavy atom. The minimum absolute atomic E-state index is 0.0549. The van der Waals surface area contributed by atoms with Crippen LogP contribution in [0.3, 0.4) is 0 Å². The van der Waals surface area contributed by atoms with Crippen molar-refractivity contribution in [3.8, 4) is 11.1 Å². The highest BCUT2D eigenvalue weighted by atomic mass is 35.5. The van der Waals surface area contributed by atoms with Gasteiger partial charge in [0.05, 0.1) is 47.2 Å². The van der Waals surface area contributed by atoms with Gasteiger partial charge in [-0.3, -0.25) is 25.2 Å². The lowest BCUT2D eigenvalue weighted by molar-refractivity contribution is -0.141. The van der Waals surface area contributed by atoms with E-state index in [9.17, 15) is 19.2 Å². The number of fused-ring (bicyclic) bond motifs is 6. The van der Waals surface area contributed by atoms with Gasteiger partial charge in [0.25, 0.3) is 0 Å². The maximum absolute atomic E-state index is 15.5. The van der Waals surface area contributed by atoms with E-state index in [1.807, 2.05) is 12.2 Å². The van der Waals surface area contributed by atoms with Crippen LogP contribution in [0.5, 0.6) is 0 Å². The van der Waals surface area contributed by atoms with E-state index in [-0.39, 0.29) is 41.1 Å². The number of amides is 4. The van der Waals surface area contributed by atoms with Crippen LogP contribution in [0.15, 0.2) is 60.8 Å². The molecule has 3 aromatic rings. The first-order valence-corrected chi connectivity index (χ1v) is 15.2. The van der Waals surface area contributed by atoms with E-state index in [0.29, 0.717) is 60.4 Å². The minimum atomic E-state index is -1.41. The van der Waals surface area contributed by atoms with Crippen LogP contribution in [0.1, 0.15) is 49.3 Å². The molecule has 2 atom stereocenters. The average molecular weight is 648 g/mol. The van der Waals surface area contributed by atoms with Crippen LogP contribution in [0.25, 0.3) is 11.1 Å². The molecule has 1 aromatic heterocycles. The van der Waals surface area contributed by atoms with Gasteiger partial charge in [-0.2, -0.15) is 0 Å². The highest BCUT2D eigenvalue weighted by Gasteiger charge is 2.49. The number of aromatic nitrogens is 1. The van der Waals surface area contributed by atoms with Gasteiger partial charge in [0.1, 0.15) is 0 Å². The Morgan fingerprint density at radius 3 is 2.80 bits per heavy atom. The number of ether oxygens (including phenoxy) is 2. The normalized spacial score (nSPS) is 21.5. The predicted molar refractivity (Wildman–Crippen MR) is 169 cm³/mol. The second-order valence-electron chi connectivity index (χ2n) is 11.3. The van der Waals surface area contributed by atoms with Crippen molar-refractivity contribution in [3.63, 3.8) is 0 Å². The standard InChI is InChI=1S/C33H31ClFN5O6/c1-45-31(43)37-20-8-9-21-19-12-14-36-25(16-19)22(6-3-2-4-7-27(41)38-26(21)17-20)30(42)40-15-5-13-33(18-40)28-24(39-32(44)46-33)11-10-23(34)29(28)35/h2-3,8-12,14,16-17,22H,4-7,13,15,18H2,1H3,(H,37,43)(H,38,41)(H,39,44)/b3-2-/t22-,33-/m0/s1. The number of anilines is 3. The molecular weight excluding hydrogens is 617 g/mol. The monoisotopic (exact) mass is 647 g/mol. The molecule has 3 aliphatic rings. The van der Waals surface area contributed by atoms with Crippen molar-refractivity contribution in [1.82, 2.24) is 9.88 Å². The van der Waals surface area contributed by atoms with Crippen molar-refractivity contribution in [3.05, 3.63) is 82.9 Å². The van der Waals surface area contributed by atoms with E-state index in [1.165, 1.54) is 19.2 Å². The lowest BCUT2D eigenvalue weighted by atomic mass is 9.82. The van der Waals surface area contributed by atoms with Crippen molar-refractivity contribution < 1.29 is 33.0 Å². The molecule has 13 heteroatoms. The lowest BCUT2D eigenvalue weighted by Crippen LogP contribution is -2.54. The number of likely N-dealkylation sites (tertiary alicyclic amines) is 1. The number of nitrogens with zero attached hydrogens (tertiary/aromatic N) is 2. The molecule has 3 aliphatic heterocycles. The van der Waals surface area contributed by atoms with Crippen LogP contribution < -0.4 is 16.0 Å². The van der Waals surface area contributed by atoms with Gasteiger partial charge in [-0.25, -0.2) is 14.0 Å². The molecule has 0 saturated carbocycles. The molecule has 4 amide bonds. The Hall–Kier alpha value is -4.97. The first-order valence-electron chi connectivity index (χ1n) is 14.8. The Morgan fingerprint density at radius 2 is 1.98 bits per heavy atom. The number of halogens is 2. The number of nitrogens with one attached hydrogen (secondary N) is 3. The zero-order chi connectivity index (χ0) is 32.4. The fourth-order valence-corrected chi connectivity index (χ4v) is 6.42. The van der Waals surface area contributed by atoms with Gasteiger partial charge in [0.15, 0.2) is 11.4 Å². The van der Waals surface area contributed by atoms with Crippen molar-refractivity contribution >= 4 is 52.7 Å². The summed E-state index contributed by atoms with van der Waals surface area (Å²) in [4.78, 5) is 57.8. The molecule has 2 aromatic carbocycles. The zero-order valence-electron chi connectivity index (χ0n) is 24.9. The largest absolute Gasteiger partial charge is 0.453 e. The number of carbonyl (C=O) groups excluding carboxylic acids is 4. The van der Waals surface area contributed by atoms with E-state index in [1.54, 1.807) is 41.4 Å². The number of hydrogen-bond donors (Lipinski definition) is 3. The van der Waals surface area contributed by atoms with Crippen molar-refractivity contribution in [1.29, 1.82) is 0 Å². The number of hydrogen-bond acceptors (Lipinski definition) is 7. The molecule has 3 N–H and O–H groups in total. The Bertz CT molecular complexity index is 1770. The Labute approximate surface area is 269 Å². The zero-order valence-corrected chi connectivity index (χ0v) is 25.7. The molecule has 0 unspecified atom stereocenters. The molecule has 46 heavy (non-hydrogen) atoms. The van der Waals surface area contributed by atoms with Gasteiger partial charge in [-0.1, -0.05) is 29.8 Å². The van der Waals surface area contributed by atoms with Crippen LogP contribution in [-0.2, 0) is 24.7 Å². The van der Waals surface area contributed by atoms with Crippen molar-refractivity contribution in [2.45, 2.75) is 43.6 Å². The molecule has 0 radical (unpaired) electrons. The van der Waals surface area contributed by atoms with Gasteiger partial charge >= 0.3 is 12.2 Å². The molecular formula is C33H31ClFN5O6. The molecule has 4 heterocycles. The smallest absolute Gasteiger partial charge is 0.412 e. The van der Waals surface area contributed by atoms with E-state index in [4.69, 9.17) is 21.1 Å². The molecule has 1 spiro atoms. The number of rotatable bonds is 2. The molecule has 1 saturated heterocycles. The predicted octanol–water partition coefficient (Wildman–Crippen LogP) is 6.56. The van der Waals surface area contributed by atoms with Crippen LogP contribution in [0.2, 0.25) is 5.02 Å². The molecule has 238 valence electrons. The fraction of sp³-hybridized carbons (Fsp3) is 0.303. The van der Waals surface area contributed by atoms with Gasteiger partial charge in [0, 0.05) is 30.4 Å². The highest BCUT2D eigenvalue weighted by molar-refractivity contribution is 6.31. The van der Waals surface area contributed by atoms with Crippen LogP contribution in [-0.4, -0.2) is 54.1 Å². The Kier molecular flexibility index (Phi) is 8.63. The minimum Gasteiger partial charge on any atom is -0.453 e. The van der Waals surface area contributed by atoms with E-state index < -0.39 is 29.5 Å². The lowest BCUT2D eigenvalue weighted by Gasteiger charge is -2.45. The molecule has 2 bridgehead atoms. The second-order valence-corrected chi connectivity index (χ2v) is 11.8. The fourth-order valence-electron chi connectivity index (χ4n) is 6.26. The summed E-state index contributed by atoms with van der Waals surface area (Å²) in [5.41, 5.74) is 1.72. The van der Waals surface area contributed by atoms with E-state index >= 15 is 4.39 Å². The summed E-state index contributed by atoms with van der Waals surface area (Å²) in [6.45, 7) is 0.320. The first-order chi connectivity index (χ1) is 22.2. The SMILES string of the molecule is COC(=O)Nc1ccc2c(c1)NC(=O)CC/C=C\C[C@H](C(=O)N1CCC[C@@]3(C1)OC(=O)Nc1ccc(Cl)c(F)c13)c1cc-2ccn1. The van der Waals surface area contributed by atoms with Gasteiger partial charge in [0.2, 0.25) is 11.8 Å². The summed E-state index contributed by atoms with van der Waals surface area (Å²) < 4.78 is 25.9.